The summed E-state index contributed by atoms with van der Waals surface area (Å²) < 4.78 is 40.8. The Hall–Kier alpha value is -1.76. The molecule has 1 aromatic rings. The van der Waals surface area contributed by atoms with Crippen LogP contribution in [0.2, 0.25) is 0 Å². The van der Waals surface area contributed by atoms with Gasteiger partial charge in [0.2, 0.25) is 0 Å². The van der Waals surface area contributed by atoms with E-state index in [0.29, 0.717) is 6.42 Å². The Kier molecular flexibility index (Phi) is 5.82. The van der Waals surface area contributed by atoms with Crippen molar-refractivity contribution in [2.45, 2.75) is 39.7 Å². The molecule has 2 N–H and O–H groups in total. The van der Waals surface area contributed by atoms with Gasteiger partial charge in [0.1, 0.15) is 5.75 Å². The molecule has 22 heavy (non-hydrogen) atoms. The van der Waals surface area contributed by atoms with E-state index in [4.69, 9.17) is 0 Å². The smallest absolute Gasteiger partial charge is 0.405 e. The number of benzene rings is 1. The number of amides is 1. The average molecular weight is 319 g/mol. The average Bonchev–Trinajstić information content (AvgIpc) is 2.33. The molecule has 7 heteroatoms. The standard InChI is InChI=1S/C15H20F3NO3/c1-10(20)8-14(2,3)9-19-13(21)11-6-4-5-7-12(11)22-15(16,17)18/h4-7,10,20H,8-9H2,1-3H3,(H,19,21). The molecule has 0 aliphatic carbocycles. The highest BCUT2D eigenvalue weighted by Gasteiger charge is 2.33. The SMILES string of the molecule is CC(O)CC(C)(C)CNC(=O)c1ccccc1OC(F)(F)F. The fourth-order valence-electron chi connectivity index (χ4n) is 2.15. The molecule has 1 amide bonds. The number of aliphatic hydroxyl groups excluding tert-OH is 1. The summed E-state index contributed by atoms with van der Waals surface area (Å²) >= 11 is 0. The highest BCUT2D eigenvalue weighted by Crippen LogP contribution is 2.27. The second-order valence-corrected chi connectivity index (χ2v) is 5.94. The lowest BCUT2D eigenvalue weighted by Crippen LogP contribution is -2.36. The predicted molar refractivity (Wildman–Crippen MR) is 75.5 cm³/mol. The van der Waals surface area contributed by atoms with Gasteiger partial charge in [-0.25, -0.2) is 0 Å². The normalized spacial score (nSPS) is 13.6. The first kappa shape index (κ1) is 18.3. The van der Waals surface area contributed by atoms with E-state index < -0.39 is 24.1 Å². The largest absolute Gasteiger partial charge is 0.573 e. The summed E-state index contributed by atoms with van der Waals surface area (Å²) in [6, 6.07) is 5.16. The molecule has 0 bridgehead atoms. The lowest BCUT2D eigenvalue weighted by molar-refractivity contribution is -0.274. The van der Waals surface area contributed by atoms with Gasteiger partial charge in [0, 0.05) is 6.54 Å². The van der Waals surface area contributed by atoms with Gasteiger partial charge in [-0.2, -0.15) is 0 Å². The van der Waals surface area contributed by atoms with Crippen LogP contribution in [0, 0.1) is 5.41 Å². The van der Waals surface area contributed by atoms with Crippen molar-refractivity contribution < 1.29 is 27.8 Å². The number of halogens is 3. The van der Waals surface area contributed by atoms with E-state index >= 15 is 0 Å². The first-order valence-electron chi connectivity index (χ1n) is 6.81. The van der Waals surface area contributed by atoms with Crippen molar-refractivity contribution in [2.24, 2.45) is 5.41 Å². The van der Waals surface area contributed by atoms with Crippen LogP contribution in [0.4, 0.5) is 13.2 Å². The molecule has 0 fully saturated rings. The van der Waals surface area contributed by atoms with Crippen LogP contribution in [0.1, 0.15) is 37.6 Å². The van der Waals surface area contributed by atoms with Crippen LogP contribution in [0.15, 0.2) is 24.3 Å². The molecule has 4 nitrogen and oxygen atoms in total. The minimum absolute atomic E-state index is 0.187. The molecule has 124 valence electrons. The number of rotatable bonds is 6. The molecule has 0 heterocycles. The number of hydrogen-bond donors (Lipinski definition) is 2. The van der Waals surface area contributed by atoms with Crippen molar-refractivity contribution in [1.82, 2.24) is 5.32 Å². The predicted octanol–water partition coefficient (Wildman–Crippen LogP) is 3.11. The zero-order valence-electron chi connectivity index (χ0n) is 12.7. The summed E-state index contributed by atoms with van der Waals surface area (Å²) in [5.41, 5.74) is -0.573. The molecule has 0 aliphatic rings. The molecule has 1 unspecified atom stereocenters. The first-order chi connectivity index (χ1) is 10.0. The molecule has 1 atom stereocenters. The lowest BCUT2D eigenvalue weighted by Gasteiger charge is -2.26. The monoisotopic (exact) mass is 319 g/mol. The topological polar surface area (TPSA) is 58.6 Å². The van der Waals surface area contributed by atoms with Crippen LogP contribution in [-0.4, -0.2) is 30.0 Å². The van der Waals surface area contributed by atoms with E-state index in [2.05, 4.69) is 10.1 Å². The summed E-state index contributed by atoms with van der Waals surface area (Å²) in [4.78, 5) is 12.1. The van der Waals surface area contributed by atoms with Crippen LogP contribution >= 0.6 is 0 Å². The van der Waals surface area contributed by atoms with Crippen LogP contribution in [-0.2, 0) is 0 Å². The fraction of sp³-hybridized carbons (Fsp3) is 0.533. The first-order valence-corrected chi connectivity index (χ1v) is 6.81. The van der Waals surface area contributed by atoms with Crippen LogP contribution in [0.3, 0.4) is 0 Å². The summed E-state index contributed by atoms with van der Waals surface area (Å²) in [7, 11) is 0. The lowest BCUT2D eigenvalue weighted by atomic mass is 9.87. The summed E-state index contributed by atoms with van der Waals surface area (Å²) in [6.07, 6.45) is -4.94. The Morgan fingerprint density at radius 2 is 1.91 bits per heavy atom. The Morgan fingerprint density at radius 1 is 1.32 bits per heavy atom. The molecule has 0 saturated heterocycles. The van der Waals surface area contributed by atoms with Crippen LogP contribution in [0.25, 0.3) is 0 Å². The Balaban J connectivity index is 2.78. The summed E-state index contributed by atoms with van der Waals surface area (Å²) in [5.74, 6) is -1.20. The number of alkyl halides is 3. The molecule has 0 spiro atoms. The van der Waals surface area contributed by atoms with E-state index in [0.717, 1.165) is 6.07 Å². The number of ether oxygens (including phenoxy) is 1. The van der Waals surface area contributed by atoms with Crippen molar-refractivity contribution in [1.29, 1.82) is 0 Å². The fourth-order valence-corrected chi connectivity index (χ4v) is 2.15. The molecular weight excluding hydrogens is 299 g/mol. The van der Waals surface area contributed by atoms with Crippen molar-refractivity contribution in [3.63, 3.8) is 0 Å². The minimum Gasteiger partial charge on any atom is -0.405 e. The summed E-state index contributed by atoms with van der Waals surface area (Å²) in [5, 5.41) is 12.0. The van der Waals surface area contributed by atoms with E-state index in [-0.39, 0.29) is 17.5 Å². The number of para-hydroxylation sites is 1. The van der Waals surface area contributed by atoms with Crippen molar-refractivity contribution in [3.8, 4) is 5.75 Å². The quantitative estimate of drug-likeness (QED) is 0.847. The molecule has 0 radical (unpaired) electrons. The molecule has 1 aromatic carbocycles. The maximum atomic E-state index is 12.3. The van der Waals surface area contributed by atoms with Crippen LogP contribution in [0.5, 0.6) is 5.75 Å². The van der Waals surface area contributed by atoms with Gasteiger partial charge in [0.05, 0.1) is 11.7 Å². The van der Waals surface area contributed by atoms with Crippen LogP contribution < -0.4 is 10.1 Å². The van der Waals surface area contributed by atoms with Gasteiger partial charge in [-0.1, -0.05) is 26.0 Å². The molecule has 0 aromatic heterocycles. The molecule has 0 aliphatic heterocycles. The van der Waals surface area contributed by atoms with Crippen molar-refractivity contribution in [2.75, 3.05) is 6.54 Å². The van der Waals surface area contributed by atoms with E-state index in [1.807, 2.05) is 13.8 Å². The Morgan fingerprint density at radius 3 is 2.45 bits per heavy atom. The van der Waals surface area contributed by atoms with Gasteiger partial charge in [-0.3, -0.25) is 4.79 Å². The van der Waals surface area contributed by atoms with E-state index in [1.54, 1.807) is 6.92 Å². The third-order valence-electron chi connectivity index (χ3n) is 2.93. The number of carbonyl (C=O) groups excluding carboxylic acids is 1. The number of nitrogens with one attached hydrogen (secondary N) is 1. The maximum Gasteiger partial charge on any atom is 0.573 e. The van der Waals surface area contributed by atoms with Gasteiger partial charge in [0.25, 0.3) is 5.91 Å². The minimum atomic E-state index is -4.86. The third kappa shape index (κ3) is 6.34. The summed E-state index contributed by atoms with van der Waals surface area (Å²) in [6.45, 7) is 5.55. The molecular formula is C15H20F3NO3. The second-order valence-electron chi connectivity index (χ2n) is 5.94. The van der Waals surface area contributed by atoms with Gasteiger partial charge in [-0.15, -0.1) is 13.2 Å². The Bertz CT molecular complexity index is 513. The van der Waals surface area contributed by atoms with Gasteiger partial charge < -0.3 is 15.2 Å². The van der Waals surface area contributed by atoms with Crippen molar-refractivity contribution in [3.05, 3.63) is 29.8 Å². The highest BCUT2D eigenvalue weighted by atomic mass is 19.4. The number of hydrogen-bond acceptors (Lipinski definition) is 3. The third-order valence-corrected chi connectivity index (χ3v) is 2.93. The second kappa shape index (κ2) is 7.00. The Labute approximate surface area is 127 Å². The van der Waals surface area contributed by atoms with Crippen molar-refractivity contribution >= 4 is 5.91 Å². The number of aliphatic hydroxyl groups is 1. The number of carbonyl (C=O) groups is 1. The van der Waals surface area contributed by atoms with E-state index in [1.165, 1.54) is 18.2 Å². The van der Waals surface area contributed by atoms with Gasteiger partial charge >= 0.3 is 6.36 Å². The molecule has 0 saturated carbocycles. The van der Waals surface area contributed by atoms with Gasteiger partial charge in [-0.05, 0) is 30.9 Å². The van der Waals surface area contributed by atoms with E-state index in [9.17, 15) is 23.1 Å². The highest BCUT2D eigenvalue weighted by molar-refractivity contribution is 5.96. The molecule has 1 rings (SSSR count). The zero-order chi connectivity index (χ0) is 17.0. The zero-order valence-corrected chi connectivity index (χ0v) is 12.7. The van der Waals surface area contributed by atoms with Gasteiger partial charge in [0.15, 0.2) is 0 Å². The maximum absolute atomic E-state index is 12.3.